The fourth-order valence-electron chi connectivity index (χ4n) is 8.30. The number of benzene rings is 6. The van der Waals surface area contributed by atoms with Gasteiger partial charge in [-0.25, -0.2) is 0 Å². The summed E-state index contributed by atoms with van der Waals surface area (Å²) in [5.41, 5.74) is 13.4. The number of aliphatic carboxylic acids is 2. The monoisotopic (exact) mass is 1460 g/mol. The molecule has 0 radical (unpaired) electrons. The van der Waals surface area contributed by atoms with Gasteiger partial charge in [-0.1, -0.05) is 227 Å². The van der Waals surface area contributed by atoms with Crippen molar-refractivity contribution in [3.8, 4) is 0 Å². The second-order valence-corrected chi connectivity index (χ2v) is 27.7. The maximum absolute atomic E-state index is 12.0. The molecule has 6 aromatic rings. The van der Waals surface area contributed by atoms with E-state index >= 15 is 0 Å². The van der Waals surface area contributed by atoms with E-state index in [4.69, 9.17) is 64.5 Å². The summed E-state index contributed by atoms with van der Waals surface area (Å²) in [5, 5.41) is 40.4. The number of carboxylic acids is 2. The van der Waals surface area contributed by atoms with Gasteiger partial charge in [0.1, 0.15) is 33.1 Å². The van der Waals surface area contributed by atoms with Crippen LogP contribution in [0.4, 0.5) is 4.79 Å². The van der Waals surface area contributed by atoms with Crippen molar-refractivity contribution in [2.45, 2.75) is 41.5 Å². The summed E-state index contributed by atoms with van der Waals surface area (Å²) in [6, 6.07) is 46.9. The zero-order valence-corrected chi connectivity index (χ0v) is 59.5. The first-order valence-corrected chi connectivity index (χ1v) is 34.0. The van der Waals surface area contributed by atoms with Gasteiger partial charge in [-0.2, -0.15) is 0 Å². The Morgan fingerprint density at radius 2 is 0.735 bits per heavy atom. The molecule has 6 saturated heterocycles. The van der Waals surface area contributed by atoms with Crippen LogP contribution >= 0.6 is 95.9 Å². The highest BCUT2D eigenvalue weighted by molar-refractivity contribution is 8.27. The Hall–Kier alpha value is -9.78. The Bertz CT molecular complexity index is 3940. The lowest BCUT2D eigenvalue weighted by Crippen LogP contribution is -2.35. The number of thioether (sulfide) groups is 4. The topological polar surface area (TPSA) is 297 Å². The maximum atomic E-state index is 12.0. The second-order valence-electron chi connectivity index (χ2n) is 21.5. The van der Waals surface area contributed by atoms with Crippen molar-refractivity contribution >= 4 is 209 Å². The van der Waals surface area contributed by atoms with Crippen LogP contribution in [-0.4, -0.2) is 110 Å². The number of hydrogen-bond donors (Lipinski definition) is 9. The van der Waals surface area contributed by atoms with Crippen molar-refractivity contribution in [2.24, 2.45) is 0 Å². The number of nitrogens with one attached hydrogen (secondary N) is 7. The molecule has 6 aliphatic heterocycles. The smallest absolute Gasteiger partial charge is 0.323 e. The molecule has 6 heterocycles. The van der Waals surface area contributed by atoms with Crippen molar-refractivity contribution < 1.29 is 53.4 Å². The fourth-order valence-corrected chi connectivity index (χ4v) is 12.4. The van der Waals surface area contributed by atoms with Crippen LogP contribution in [0.15, 0.2) is 177 Å². The van der Waals surface area contributed by atoms with Crippen LogP contribution in [0, 0.1) is 47.0 Å². The third-order valence-electron chi connectivity index (χ3n) is 13.4. The molecule has 28 heteroatoms. The van der Waals surface area contributed by atoms with Crippen LogP contribution in [0.25, 0.3) is 36.5 Å². The molecular formula is C70H61N9O11S8. The zero-order chi connectivity index (χ0) is 71.3. The molecule has 98 heavy (non-hydrogen) atoms. The number of carbonyl (C=O) groups excluding carboxylic acids is 7. The standard InChI is InChI=1S/C13H12N2O3S.C13H11NO3S2.2C11H10N2OS.C11H9NO2S.C11H9NOS2/c1-8-2-4-9(5-3-8)6-10-12(18)15(7-11(16)17)13(19)14-10;1-8-2-4-9(5-3-8)6-10-12(17)14(7-11(15)16)13(18)19-10;1-7-2-4-8(5-3-7)6-9-10(14)13-11(12)15-9;1-7-2-4-8(5-3-7)6-9-10(14)13-11(15)12-9;2*1-7-2-4-8(5-3-7)6-9-10(13)12-11(14)15-9/h2-6H,7H2,1H3,(H,14,19)(H,16,17);2-6H,7H2,1H3,(H,15,16);2-6H,1H3,(H2,12,13,14);2-6H,1H3,(H2,12,13,14,15);2*2-6H,1H3,(H,12,13,14)/b2*10-6-;4*9-6-. The minimum atomic E-state index is -1.10. The van der Waals surface area contributed by atoms with E-state index < -0.39 is 30.9 Å². The molecule has 7 amide bonds. The van der Waals surface area contributed by atoms with Crippen LogP contribution in [-0.2, 0) is 38.4 Å². The molecule has 500 valence electrons. The summed E-state index contributed by atoms with van der Waals surface area (Å²) in [6.07, 6.45) is 10.5. The highest BCUT2D eigenvalue weighted by atomic mass is 32.2. The molecule has 12 rings (SSSR count). The molecule has 0 atom stereocenters. The van der Waals surface area contributed by atoms with Crippen molar-refractivity contribution in [3.63, 3.8) is 0 Å². The highest BCUT2D eigenvalue weighted by Gasteiger charge is 2.34. The van der Waals surface area contributed by atoms with Crippen molar-refractivity contribution in [1.29, 1.82) is 5.41 Å². The fraction of sp³-hybridized carbons (Fsp3) is 0.114. The van der Waals surface area contributed by atoms with E-state index in [0.29, 0.717) is 34.8 Å². The van der Waals surface area contributed by atoms with Crippen molar-refractivity contribution in [1.82, 2.24) is 41.7 Å². The average Bonchev–Trinajstić information content (AvgIpc) is 1.69. The molecule has 0 aliphatic carbocycles. The molecule has 6 aromatic carbocycles. The molecule has 0 bridgehead atoms. The normalized spacial score (nSPS) is 17.8. The summed E-state index contributed by atoms with van der Waals surface area (Å²) in [5.74, 6) is -3.74. The number of carboxylic acid groups (broad SMARTS) is 2. The van der Waals surface area contributed by atoms with Gasteiger partial charge in [0.2, 0.25) is 0 Å². The van der Waals surface area contributed by atoms with E-state index in [2.05, 4.69) is 31.9 Å². The molecule has 0 aromatic heterocycles. The number of amidine groups is 1. The van der Waals surface area contributed by atoms with Gasteiger partial charge < -0.3 is 31.5 Å². The first-order chi connectivity index (χ1) is 46.5. The van der Waals surface area contributed by atoms with Crippen LogP contribution < -0.4 is 31.9 Å². The van der Waals surface area contributed by atoms with Gasteiger partial charge in [0, 0.05) is 0 Å². The number of aryl methyl sites for hydroxylation is 6. The predicted molar refractivity (Wildman–Crippen MR) is 406 cm³/mol. The SMILES string of the molecule is Cc1ccc(/C=C2\NC(=S)N(CC(=O)O)C2=O)cc1.Cc1ccc(/C=C2\NC(=S)NC2=O)cc1.Cc1ccc(/C=C2\SC(=N)NC2=O)cc1.Cc1ccc(/C=C2\SC(=O)NC2=O)cc1.Cc1ccc(/C=C2\SC(=S)N(CC(=O)O)C2=O)cc1.Cc1ccc(/C=C2\SC(=S)NC2=O)cc1. The maximum Gasteiger partial charge on any atom is 0.323 e. The van der Waals surface area contributed by atoms with Crippen LogP contribution in [0.5, 0.6) is 0 Å². The Balaban J connectivity index is 0.000000166. The lowest BCUT2D eigenvalue weighted by atomic mass is 10.1. The van der Waals surface area contributed by atoms with Gasteiger partial charge in [0.25, 0.3) is 40.7 Å². The molecule has 0 spiro atoms. The molecule has 6 fully saturated rings. The van der Waals surface area contributed by atoms with Crippen LogP contribution in [0.3, 0.4) is 0 Å². The first-order valence-electron chi connectivity index (χ1n) is 29.1. The average molecular weight is 1460 g/mol. The lowest BCUT2D eigenvalue weighted by molar-refractivity contribution is -0.140. The molecule has 0 unspecified atom stereocenters. The highest BCUT2D eigenvalue weighted by Crippen LogP contribution is 2.33. The Morgan fingerprint density at radius 3 is 1.07 bits per heavy atom. The third kappa shape index (κ3) is 23.8. The summed E-state index contributed by atoms with van der Waals surface area (Å²) in [6.45, 7) is 11.2. The van der Waals surface area contributed by atoms with Gasteiger partial charge in [-0.05, 0) is 159 Å². The largest absolute Gasteiger partial charge is 0.480 e. The Labute approximate surface area is 602 Å². The van der Waals surface area contributed by atoms with Gasteiger partial charge in [0.05, 0.1) is 19.6 Å². The minimum Gasteiger partial charge on any atom is -0.480 e. The summed E-state index contributed by atoms with van der Waals surface area (Å²) < 4.78 is 0.809. The lowest BCUT2D eigenvalue weighted by Gasteiger charge is -2.10. The molecule has 20 nitrogen and oxygen atoms in total. The Morgan fingerprint density at radius 1 is 0.388 bits per heavy atom. The van der Waals surface area contributed by atoms with E-state index in [0.717, 1.165) is 95.2 Å². The number of hydrogen-bond acceptors (Lipinski definition) is 18. The molecule has 0 saturated carbocycles. The summed E-state index contributed by atoms with van der Waals surface area (Å²) in [4.78, 5) is 106. The molecular weight excluding hydrogens is 1400 g/mol. The van der Waals surface area contributed by atoms with Gasteiger partial charge >= 0.3 is 11.9 Å². The third-order valence-corrected chi connectivity index (χ3v) is 18.1. The summed E-state index contributed by atoms with van der Waals surface area (Å²) >= 11 is 24.2. The number of thiocarbonyl (C=S) groups is 4. The quantitative estimate of drug-likeness (QED) is 0.0455. The zero-order valence-electron chi connectivity index (χ0n) is 53.0. The summed E-state index contributed by atoms with van der Waals surface area (Å²) in [7, 11) is 0. The Kier molecular flexibility index (Phi) is 27.8. The van der Waals surface area contributed by atoms with Gasteiger partial charge in [-0.15, -0.1) is 0 Å². The van der Waals surface area contributed by atoms with Gasteiger partial charge in [0.15, 0.2) is 15.4 Å². The molecule has 6 aliphatic rings. The van der Waals surface area contributed by atoms with Crippen LogP contribution in [0.2, 0.25) is 0 Å². The van der Waals surface area contributed by atoms with E-state index in [-0.39, 0.29) is 55.1 Å². The predicted octanol–water partition coefficient (Wildman–Crippen LogP) is 11.7. The number of nitrogens with zero attached hydrogens (tertiary/aromatic N) is 2. The number of rotatable bonds is 10. The number of amides is 7. The van der Waals surface area contributed by atoms with E-state index in [9.17, 15) is 43.2 Å². The van der Waals surface area contributed by atoms with Crippen LogP contribution in [0.1, 0.15) is 66.8 Å². The minimum absolute atomic E-state index is 0.106. The van der Waals surface area contributed by atoms with E-state index in [1.54, 1.807) is 30.4 Å². The number of imide groups is 1. The second kappa shape index (κ2) is 36.0. The molecule has 9 N–H and O–H groups in total. The van der Waals surface area contributed by atoms with E-state index in [1.807, 2.05) is 193 Å². The van der Waals surface area contributed by atoms with E-state index in [1.165, 1.54) is 28.5 Å². The number of carbonyl (C=O) groups is 9. The van der Waals surface area contributed by atoms with Gasteiger partial charge in [-0.3, -0.25) is 69.0 Å². The first kappa shape index (κ1) is 75.6. The van der Waals surface area contributed by atoms with Crippen molar-refractivity contribution in [2.75, 3.05) is 13.1 Å². The van der Waals surface area contributed by atoms with Crippen molar-refractivity contribution in [3.05, 3.63) is 243 Å².